The summed E-state index contributed by atoms with van der Waals surface area (Å²) in [5.74, 6) is 0.441. The number of carbonyl (C=O) groups excluding carboxylic acids is 1. The quantitative estimate of drug-likeness (QED) is 0.664. The molecule has 0 atom stereocenters. The number of nitrogens with one attached hydrogen (secondary N) is 1. The maximum absolute atomic E-state index is 11.6. The van der Waals surface area contributed by atoms with Crippen LogP contribution in [0.4, 0.5) is 0 Å². The molecular formula is C17H22N2O2S. The average Bonchev–Trinajstić information content (AvgIpc) is 2.94. The Labute approximate surface area is 135 Å². The minimum atomic E-state index is -0.364. The van der Waals surface area contributed by atoms with E-state index in [2.05, 4.69) is 55.0 Å². The van der Waals surface area contributed by atoms with E-state index in [0.717, 1.165) is 10.9 Å². The highest BCUT2D eigenvalue weighted by molar-refractivity contribution is 7.98. The first-order valence-electron chi connectivity index (χ1n) is 7.34. The van der Waals surface area contributed by atoms with E-state index in [1.54, 1.807) is 18.7 Å². The van der Waals surface area contributed by atoms with Crippen molar-refractivity contribution in [3.63, 3.8) is 0 Å². The van der Waals surface area contributed by atoms with Crippen LogP contribution in [0.5, 0.6) is 0 Å². The minimum absolute atomic E-state index is 0.168. The Hall–Kier alpha value is -1.75. The molecular weight excluding hydrogens is 296 g/mol. The number of aromatic nitrogens is 2. The van der Waals surface area contributed by atoms with E-state index in [0.29, 0.717) is 12.3 Å². The highest BCUT2D eigenvalue weighted by Crippen LogP contribution is 2.25. The van der Waals surface area contributed by atoms with Gasteiger partial charge in [0.25, 0.3) is 0 Å². The van der Waals surface area contributed by atoms with Crippen LogP contribution in [0.1, 0.15) is 49.3 Å². The molecule has 22 heavy (non-hydrogen) atoms. The van der Waals surface area contributed by atoms with Crippen molar-refractivity contribution in [2.75, 3.05) is 6.61 Å². The Morgan fingerprint density at radius 1 is 1.27 bits per heavy atom. The van der Waals surface area contributed by atoms with Gasteiger partial charge in [0.1, 0.15) is 5.69 Å². The number of ether oxygens (including phenoxy) is 1. The lowest BCUT2D eigenvalue weighted by Crippen LogP contribution is -2.10. The van der Waals surface area contributed by atoms with Gasteiger partial charge in [-0.1, -0.05) is 56.8 Å². The van der Waals surface area contributed by atoms with Crippen LogP contribution in [0.2, 0.25) is 0 Å². The lowest BCUT2D eigenvalue weighted by Gasteiger charge is -2.19. The molecule has 0 bridgehead atoms. The second-order valence-electron chi connectivity index (χ2n) is 6.06. The topological polar surface area (TPSA) is 55.0 Å². The number of carbonyl (C=O) groups is 1. The fraction of sp³-hybridized carbons (Fsp3) is 0.412. The van der Waals surface area contributed by atoms with Gasteiger partial charge in [-0.15, -0.1) is 0 Å². The summed E-state index contributed by atoms with van der Waals surface area (Å²) in [4.78, 5) is 18.7. The molecule has 118 valence electrons. The normalized spacial score (nSPS) is 11.5. The smallest absolute Gasteiger partial charge is 0.356 e. The molecule has 0 amide bonds. The molecule has 0 radical (unpaired) electrons. The Balaban J connectivity index is 1.94. The number of benzene rings is 1. The molecule has 4 nitrogen and oxygen atoms in total. The largest absolute Gasteiger partial charge is 0.461 e. The molecule has 0 saturated heterocycles. The Morgan fingerprint density at radius 3 is 2.55 bits per heavy atom. The van der Waals surface area contributed by atoms with Gasteiger partial charge in [-0.25, -0.2) is 9.78 Å². The minimum Gasteiger partial charge on any atom is -0.461 e. The molecule has 2 rings (SSSR count). The highest BCUT2D eigenvalue weighted by atomic mass is 32.2. The van der Waals surface area contributed by atoms with Crippen LogP contribution in [-0.4, -0.2) is 22.5 Å². The van der Waals surface area contributed by atoms with E-state index in [4.69, 9.17) is 4.74 Å². The third-order valence-corrected chi connectivity index (χ3v) is 4.20. The fourth-order valence-corrected chi connectivity index (χ4v) is 2.75. The third kappa shape index (κ3) is 4.37. The van der Waals surface area contributed by atoms with Crippen molar-refractivity contribution >= 4 is 17.7 Å². The predicted molar refractivity (Wildman–Crippen MR) is 89.2 cm³/mol. The summed E-state index contributed by atoms with van der Waals surface area (Å²) in [5, 5.41) is 0.725. The number of imidazole rings is 1. The standard InChI is InChI=1S/C17H22N2O2S/c1-5-21-15(20)14-10-18-16(19-14)22-11-12-6-8-13(9-7-12)17(2,3)4/h6-10H,5,11H2,1-4H3,(H,18,19). The van der Waals surface area contributed by atoms with Gasteiger partial charge < -0.3 is 9.72 Å². The Kier molecular flexibility index (Phi) is 5.29. The van der Waals surface area contributed by atoms with E-state index >= 15 is 0 Å². The number of hydrogen-bond donors (Lipinski definition) is 1. The van der Waals surface area contributed by atoms with Gasteiger partial charge in [0, 0.05) is 5.75 Å². The third-order valence-electron chi connectivity index (χ3n) is 3.24. The molecule has 1 aromatic carbocycles. The summed E-state index contributed by atoms with van der Waals surface area (Å²) in [7, 11) is 0. The summed E-state index contributed by atoms with van der Waals surface area (Å²) in [6, 6.07) is 8.62. The molecule has 0 aliphatic carbocycles. The summed E-state index contributed by atoms with van der Waals surface area (Å²) in [6.07, 6.45) is 1.52. The first-order chi connectivity index (χ1) is 10.4. The maximum atomic E-state index is 11.6. The van der Waals surface area contributed by atoms with Gasteiger partial charge in [0.2, 0.25) is 0 Å². The molecule has 1 aromatic heterocycles. The lowest BCUT2D eigenvalue weighted by molar-refractivity contribution is 0.0519. The summed E-state index contributed by atoms with van der Waals surface area (Å²) < 4.78 is 4.93. The average molecular weight is 318 g/mol. The molecule has 2 aromatic rings. The van der Waals surface area contributed by atoms with Crippen LogP contribution in [-0.2, 0) is 15.9 Å². The monoisotopic (exact) mass is 318 g/mol. The predicted octanol–water partition coefficient (Wildman–Crippen LogP) is 4.18. The number of rotatable bonds is 5. The maximum Gasteiger partial charge on any atom is 0.356 e. The van der Waals surface area contributed by atoms with Gasteiger partial charge in [0.15, 0.2) is 5.16 Å². The molecule has 0 fully saturated rings. The van der Waals surface area contributed by atoms with Crippen molar-refractivity contribution in [1.29, 1.82) is 0 Å². The second-order valence-corrected chi connectivity index (χ2v) is 7.02. The van der Waals surface area contributed by atoms with E-state index in [1.807, 2.05) is 0 Å². The first-order valence-corrected chi connectivity index (χ1v) is 8.33. The van der Waals surface area contributed by atoms with Crippen LogP contribution < -0.4 is 0 Å². The van der Waals surface area contributed by atoms with Gasteiger partial charge in [0.05, 0.1) is 12.8 Å². The lowest BCUT2D eigenvalue weighted by atomic mass is 9.87. The Bertz CT molecular complexity index is 627. The van der Waals surface area contributed by atoms with Gasteiger partial charge in [-0.3, -0.25) is 0 Å². The van der Waals surface area contributed by atoms with E-state index < -0.39 is 0 Å². The number of thioether (sulfide) groups is 1. The van der Waals surface area contributed by atoms with E-state index in [-0.39, 0.29) is 11.4 Å². The molecule has 1 N–H and O–H groups in total. The number of hydrogen-bond acceptors (Lipinski definition) is 4. The number of H-pyrrole nitrogens is 1. The van der Waals surface area contributed by atoms with Crippen molar-refractivity contribution < 1.29 is 9.53 Å². The number of aromatic amines is 1. The molecule has 0 spiro atoms. The summed E-state index contributed by atoms with van der Waals surface area (Å²) in [6.45, 7) is 8.76. The molecule has 0 unspecified atom stereocenters. The summed E-state index contributed by atoms with van der Waals surface area (Å²) in [5.41, 5.74) is 3.12. The van der Waals surface area contributed by atoms with Gasteiger partial charge >= 0.3 is 5.97 Å². The second kappa shape index (κ2) is 7.01. The molecule has 1 heterocycles. The molecule has 0 aliphatic heterocycles. The van der Waals surface area contributed by atoms with Crippen LogP contribution in [0.15, 0.2) is 35.6 Å². The number of esters is 1. The van der Waals surface area contributed by atoms with Gasteiger partial charge in [-0.2, -0.15) is 0 Å². The SMILES string of the molecule is CCOC(=O)c1cnc(SCc2ccc(C(C)(C)C)cc2)[nH]1. The zero-order valence-electron chi connectivity index (χ0n) is 13.5. The zero-order chi connectivity index (χ0) is 16.2. The highest BCUT2D eigenvalue weighted by Gasteiger charge is 2.13. The van der Waals surface area contributed by atoms with Crippen LogP contribution in [0.3, 0.4) is 0 Å². The van der Waals surface area contributed by atoms with E-state index in [1.165, 1.54) is 17.3 Å². The van der Waals surface area contributed by atoms with Crippen molar-refractivity contribution in [3.8, 4) is 0 Å². The van der Waals surface area contributed by atoms with Gasteiger partial charge in [-0.05, 0) is 23.5 Å². The Morgan fingerprint density at radius 2 is 1.95 bits per heavy atom. The van der Waals surface area contributed by atoms with Crippen molar-refractivity contribution in [2.24, 2.45) is 0 Å². The first kappa shape index (κ1) is 16.6. The fourth-order valence-electron chi connectivity index (χ4n) is 1.94. The van der Waals surface area contributed by atoms with Crippen LogP contribution in [0.25, 0.3) is 0 Å². The van der Waals surface area contributed by atoms with E-state index in [9.17, 15) is 4.79 Å². The van der Waals surface area contributed by atoms with Crippen molar-refractivity contribution in [2.45, 2.75) is 44.0 Å². The van der Waals surface area contributed by atoms with Crippen molar-refractivity contribution in [1.82, 2.24) is 9.97 Å². The van der Waals surface area contributed by atoms with Crippen molar-refractivity contribution in [3.05, 3.63) is 47.3 Å². The zero-order valence-corrected chi connectivity index (χ0v) is 14.3. The van der Waals surface area contributed by atoms with Crippen LogP contribution in [0, 0.1) is 0 Å². The number of nitrogens with zero attached hydrogens (tertiary/aromatic N) is 1. The molecule has 0 saturated carbocycles. The molecule has 5 heteroatoms. The van der Waals surface area contributed by atoms with Crippen LogP contribution >= 0.6 is 11.8 Å². The molecule has 0 aliphatic rings. The summed E-state index contributed by atoms with van der Waals surface area (Å²) >= 11 is 1.57.